The summed E-state index contributed by atoms with van der Waals surface area (Å²) in [4.78, 5) is 15.9. The number of rotatable bonds is 6. The van der Waals surface area contributed by atoms with Gasteiger partial charge in [0.1, 0.15) is 5.58 Å². The average molecular weight is 481 g/mol. The second-order valence-electron chi connectivity index (χ2n) is 9.67. The number of carbonyl (C=O) groups excluding carboxylic acids is 1. The summed E-state index contributed by atoms with van der Waals surface area (Å²) in [5, 5.41) is 3.39. The van der Waals surface area contributed by atoms with E-state index in [1.54, 1.807) is 31.2 Å². The molecule has 2 saturated heterocycles. The molecule has 5 rings (SSSR count). The molecular weight excluding hydrogens is 448 g/mol. The van der Waals surface area contributed by atoms with Crippen LogP contribution in [0, 0.1) is 0 Å². The minimum atomic E-state index is -3.59. The van der Waals surface area contributed by atoms with Crippen molar-refractivity contribution < 1.29 is 17.6 Å². The lowest BCUT2D eigenvalue weighted by Gasteiger charge is -2.34. The van der Waals surface area contributed by atoms with Crippen molar-refractivity contribution in [1.29, 1.82) is 0 Å². The third-order valence-corrected chi connectivity index (χ3v) is 10.0. The van der Waals surface area contributed by atoms with Gasteiger partial charge in [-0.2, -0.15) is 0 Å². The number of sulfone groups is 1. The summed E-state index contributed by atoms with van der Waals surface area (Å²) in [7, 11) is -3.59. The topological polar surface area (TPSA) is 79.6 Å². The normalized spacial score (nSPS) is 21.9. The molecule has 0 bridgehead atoms. The number of piperidine rings is 1. The molecule has 3 unspecified atom stereocenters. The van der Waals surface area contributed by atoms with E-state index in [0.717, 1.165) is 30.4 Å². The van der Waals surface area contributed by atoms with E-state index < -0.39 is 21.0 Å². The zero-order valence-corrected chi connectivity index (χ0v) is 20.6. The van der Waals surface area contributed by atoms with E-state index in [2.05, 4.69) is 10.2 Å². The van der Waals surface area contributed by atoms with E-state index in [-0.39, 0.29) is 10.5 Å². The molecule has 0 spiro atoms. The molecule has 2 fully saturated rings. The zero-order valence-electron chi connectivity index (χ0n) is 19.8. The smallest absolute Gasteiger partial charge is 0.256 e. The molecular formula is C27H32N2O4S. The fourth-order valence-corrected chi connectivity index (χ4v) is 7.09. The fraction of sp³-hybridized carbons (Fsp3) is 0.444. The molecule has 180 valence electrons. The summed E-state index contributed by atoms with van der Waals surface area (Å²) in [6.07, 6.45) is 7.17. The number of amides is 1. The highest BCUT2D eigenvalue weighted by Gasteiger charge is 2.33. The van der Waals surface area contributed by atoms with Gasteiger partial charge in [-0.25, -0.2) is 8.42 Å². The van der Waals surface area contributed by atoms with E-state index in [1.165, 1.54) is 31.0 Å². The van der Waals surface area contributed by atoms with Gasteiger partial charge < -0.3 is 14.6 Å². The SMILES string of the molecule is CCC(C)S(=O)(=O)c1ccccc1C(=O)Nc1ccc2occ(C3CCN4CCCC4C3)c2c1. The summed E-state index contributed by atoms with van der Waals surface area (Å²) < 4.78 is 31.8. The van der Waals surface area contributed by atoms with Crippen molar-refractivity contribution in [3.8, 4) is 0 Å². The molecule has 7 heteroatoms. The van der Waals surface area contributed by atoms with Crippen LogP contribution in [-0.4, -0.2) is 43.6 Å². The number of nitrogens with zero attached hydrogens (tertiary/aromatic N) is 1. The Morgan fingerprint density at radius 3 is 2.82 bits per heavy atom. The van der Waals surface area contributed by atoms with Gasteiger partial charge >= 0.3 is 0 Å². The van der Waals surface area contributed by atoms with Crippen molar-refractivity contribution in [3.05, 3.63) is 59.9 Å². The molecule has 3 atom stereocenters. The van der Waals surface area contributed by atoms with Crippen LogP contribution in [0.4, 0.5) is 5.69 Å². The van der Waals surface area contributed by atoms with E-state index in [0.29, 0.717) is 24.1 Å². The van der Waals surface area contributed by atoms with E-state index in [4.69, 9.17) is 4.42 Å². The Bertz CT molecular complexity index is 1310. The van der Waals surface area contributed by atoms with Gasteiger partial charge in [0.15, 0.2) is 9.84 Å². The van der Waals surface area contributed by atoms with Crippen LogP contribution in [0.2, 0.25) is 0 Å². The quantitative estimate of drug-likeness (QED) is 0.497. The number of hydrogen-bond donors (Lipinski definition) is 1. The van der Waals surface area contributed by atoms with Crippen LogP contribution in [0.1, 0.15) is 67.8 Å². The lowest BCUT2D eigenvalue weighted by atomic mass is 9.85. The Kier molecular flexibility index (Phi) is 6.25. The van der Waals surface area contributed by atoms with Crippen molar-refractivity contribution in [2.75, 3.05) is 18.4 Å². The van der Waals surface area contributed by atoms with E-state index >= 15 is 0 Å². The van der Waals surface area contributed by atoms with Crippen LogP contribution in [0.5, 0.6) is 0 Å². The maximum atomic E-state index is 13.2. The minimum absolute atomic E-state index is 0.0789. The summed E-state index contributed by atoms with van der Waals surface area (Å²) in [5.74, 6) is 0.0269. The second kappa shape index (κ2) is 9.19. The molecule has 1 N–H and O–H groups in total. The Balaban J connectivity index is 1.41. The number of benzene rings is 2. The molecule has 0 saturated carbocycles. The van der Waals surface area contributed by atoms with Crippen LogP contribution >= 0.6 is 0 Å². The van der Waals surface area contributed by atoms with E-state index in [9.17, 15) is 13.2 Å². The predicted molar refractivity (Wildman–Crippen MR) is 134 cm³/mol. The molecule has 0 aliphatic carbocycles. The lowest BCUT2D eigenvalue weighted by molar-refractivity contribution is 0.102. The molecule has 6 nitrogen and oxygen atoms in total. The maximum absolute atomic E-state index is 13.2. The minimum Gasteiger partial charge on any atom is -0.464 e. The number of carbonyl (C=O) groups is 1. The second-order valence-corrected chi connectivity index (χ2v) is 12.0. The van der Waals surface area contributed by atoms with Crippen LogP contribution in [0.25, 0.3) is 11.0 Å². The molecule has 2 aliphatic heterocycles. The monoisotopic (exact) mass is 480 g/mol. The van der Waals surface area contributed by atoms with Crippen LogP contribution in [0.3, 0.4) is 0 Å². The molecule has 0 radical (unpaired) electrons. The van der Waals surface area contributed by atoms with Gasteiger partial charge in [0, 0.05) is 22.7 Å². The lowest BCUT2D eigenvalue weighted by Crippen LogP contribution is -2.37. The van der Waals surface area contributed by atoms with Gasteiger partial charge in [-0.05, 0) is 88.4 Å². The number of fused-ring (bicyclic) bond motifs is 2. The molecule has 3 heterocycles. The molecule has 3 aromatic rings. The van der Waals surface area contributed by atoms with Crippen LogP contribution in [-0.2, 0) is 9.84 Å². The molecule has 2 aromatic carbocycles. The Morgan fingerprint density at radius 2 is 2.00 bits per heavy atom. The first-order valence-corrected chi connectivity index (χ1v) is 13.8. The summed E-state index contributed by atoms with van der Waals surface area (Å²) in [6, 6.07) is 12.7. The zero-order chi connectivity index (χ0) is 23.9. The van der Waals surface area contributed by atoms with Crippen molar-refractivity contribution in [2.45, 2.75) is 68.1 Å². The summed E-state index contributed by atoms with van der Waals surface area (Å²) in [5.41, 5.74) is 2.82. The predicted octanol–water partition coefficient (Wildman–Crippen LogP) is 5.60. The van der Waals surface area contributed by atoms with Gasteiger partial charge in [0.2, 0.25) is 0 Å². The van der Waals surface area contributed by atoms with Crippen LogP contribution in [0.15, 0.2) is 58.0 Å². The van der Waals surface area contributed by atoms with Gasteiger partial charge in [-0.3, -0.25) is 4.79 Å². The average Bonchev–Trinajstić information content (AvgIpc) is 3.49. The van der Waals surface area contributed by atoms with Crippen molar-refractivity contribution in [2.24, 2.45) is 0 Å². The largest absolute Gasteiger partial charge is 0.464 e. The highest BCUT2D eigenvalue weighted by Crippen LogP contribution is 2.40. The van der Waals surface area contributed by atoms with Crippen molar-refractivity contribution in [3.63, 3.8) is 0 Å². The number of hydrogen-bond acceptors (Lipinski definition) is 5. The standard InChI is InChI=1S/C27H32N2O4S/c1-3-18(2)34(31,32)26-9-5-4-8-22(26)27(30)28-20-10-11-25-23(16-20)24(17-33-25)19-12-14-29-13-6-7-21(29)15-19/h4-5,8-11,16-19,21H,3,6-7,12-15H2,1-2H3,(H,28,30). The first-order valence-electron chi connectivity index (χ1n) is 12.3. The molecule has 1 aromatic heterocycles. The maximum Gasteiger partial charge on any atom is 0.256 e. The third kappa shape index (κ3) is 4.16. The first-order chi connectivity index (χ1) is 16.4. The third-order valence-electron chi connectivity index (χ3n) is 7.66. The van der Waals surface area contributed by atoms with Gasteiger partial charge in [-0.15, -0.1) is 0 Å². The molecule has 2 aliphatic rings. The number of anilines is 1. The Labute approximate surface area is 201 Å². The number of furan rings is 1. The van der Waals surface area contributed by atoms with Crippen molar-refractivity contribution >= 4 is 32.4 Å². The first kappa shape index (κ1) is 23.1. The summed E-state index contributed by atoms with van der Waals surface area (Å²) in [6.45, 7) is 5.85. The summed E-state index contributed by atoms with van der Waals surface area (Å²) >= 11 is 0. The van der Waals surface area contributed by atoms with Gasteiger partial charge in [0.05, 0.1) is 22.0 Å². The van der Waals surface area contributed by atoms with Gasteiger partial charge in [0.25, 0.3) is 5.91 Å². The Hall–Kier alpha value is -2.64. The van der Waals surface area contributed by atoms with Crippen molar-refractivity contribution in [1.82, 2.24) is 4.90 Å². The number of nitrogens with one attached hydrogen (secondary N) is 1. The van der Waals surface area contributed by atoms with Gasteiger partial charge in [-0.1, -0.05) is 19.1 Å². The Morgan fingerprint density at radius 1 is 1.18 bits per heavy atom. The van der Waals surface area contributed by atoms with Crippen LogP contribution < -0.4 is 5.32 Å². The molecule has 1 amide bonds. The highest BCUT2D eigenvalue weighted by molar-refractivity contribution is 7.92. The fourth-order valence-electron chi connectivity index (χ4n) is 5.49. The molecule has 34 heavy (non-hydrogen) atoms. The highest BCUT2D eigenvalue weighted by atomic mass is 32.2. The van der Waals surface area contributed by atoms with E-state index in [1.807, 2.05) is 25.3 Å².